The van der Waals surface area contributed by atoms with Crippen LogP contribution in [0.1, 0.15) is 17.2 Å². The zero-order chi connectivity index (χ0) is 33.5. The van der Waals surface area contributed by atoms with Crippen LogP contribution in [0.5, 0.6) is 0 Å². The Labute approximate surface area is 292 Å². The van der Waals surface area contributed by atoms with Gasteiger partial charge < -0.3 is 24.5 Å². The molecule has 2 saturated heterocycles. The lowest BCUT2D eigenvalue weighted by Gasteiger charge is -2.53. The van der Waals surface area contributed by atoms with E-state index in [1.165, 1.54) is 22.7 Å². The number of hydrogen-bond donors (Lipinski definition) is 1. The summed E-state index contributed by atoms with van der Waals surface area (Å²) >= 11 is 20.8. The molecule has 0 bridgehead atoms. The molecule has 3 atom stereocenters. The first-order valence-corrected chi connectivity index (χ1v) is 16.9. The van der Waals surface area contributed by atoms with E-state index in [4.69, 9.17) is 49.1 Å². The number of nitrogens with zero attached hydrogens (tertiary/aromatic N) is 2. The number of fused-ring (bicyclic) bond motifs is 1. The number of hydrogen-bond acceptors (Lipinski definition) is 10. The number of Topliss-reactive ketones (excluding diaryl/α,β-unsaturated/α-hetero) is 1. The summed E-state index contributed by atoms with van der Waals surface area (Å²) in [5.74, 6) is -3.54. The number of amides is 2. The van der Waals surface area contributed by atoms with Crippen molar-refractivity contribution in [2.24, 2.45) is 10.6 Å². The minimum Gasteiger partial charge on any atom is -0.459 e. The SMILES string of the molecule is C=CC1(C(=O)OC(c2ccccc2)c2ccccc2)CS[C@@H]2C(NC(=O)C(=NOCC(=O)OCC(Cl)(Cl)Cl)C(=O)CBr)C(=O)N2C1. The van der Waals surface area contributed by atoms with E-state index in [1.54, 1.807) is 0 Å². The molecule has 11 nitrogen and oxygen atoms in total. The van der Waals surface area contributed by atoms with Gasteiger partial charge in [0.1, 0.15) is 23.4 Å². The van der Waals surface area contributed by atoms with Crippen molar-refractivity contribution in [1.29, 1.82) is 0 Å². The maximum atomic E-state index is 13.7. The highest BCUT2D eigenvalue weighted by Crippen LogP contribution is 2.44. The largest absolute Gasteiger partial charge is 0.459 e. The van der Waals surface area contributed by atoms with E-state index in [0.717, 1.165) is 11.1 Å². The van der Waals surface area contributed by atoms with Gasteiger partial charge in [0.25, 0.3) is 5.91 Å². The lowest BCUT2D eigenvalue weighted by atomic mass is 9.87. The van der Waals surface area contributed by atoms with Crippen LogP contribution in [0.4, 0.5) is 0 Å². The number of rotatable bonds is 13. The Hall–Kier alpha value is -3.10. The number of esters is 2. The number of oxime groups is 1. The summed E-state index contributed by atoms with van der Waals surface area (Å²) in [5, 5.41) is 5.15. The van der Waals surface area contributed by atoms with Crippen LogP contribution in [0.2, 0.25) is 0 Å². The van der Waals surface area contributed by atoms with Crippen molar-refractivity contribution < 1.29 is 38.3 Å². The number of carbonyl (C=O) groups excluding carboxylic acids is 5. The number of alkyl halides is 4. The maximum Gasteiger partial charge on any atom is 0.347 e. The molecule has 2 aromatic rings. The van der Waals surface area contributed by atoms with Crippen molar-refractivity contribution >= 4 is 97.7 Å². The minimum absolute atomic E-state index is 0.0187. The van der Waals surface area contributed by atoms with Crippen molar-refractivity contribution in [3.63, 3.8) is 0 Å². The quantitative estimate of drug-likeness (QED) is 0.0605. The number of halogens is 4. The Kier molecular flexibility index (Phi) is 12.2. The lowest BCUT2D eigenvalue weighted by molar-refractivity contribution is -0.162. The molecule has 2 heterocycles. The molecular weight excluding hydrogens is 749 g/mol. The molecule has 2 fully saturated rings. The second kappa shape index (κ2) is 15.7. The Morgan fingerprint density at radius 1 is 1.11 bits per heavy atom. The molecule has 2 aliphatic rings. The first-order valence-electron chi connectivity index (χ1n) is 13.6. The number of nitrogens with one attached hydrogen (secondary N) is 1. The monoisotopic (exact) mass is 773 g/mol. The molecule has 4 rings (SSSR count). The molecule has 2 unspecified atom stereocenters. The fourth-order valence-electron chi connectivity index (χ4n) is 4.58. The van der Waals surface area contributed by atoms with E-state index in [1.807, 2.05) is 60.7 Å². The highest BCUT2D eigenvalue weighted by Gasteiger charge is 2.57. The van der Waals surface area contributed by atoms with Gasteiger partial charge in [0.2, 0.25) is 27.8 Å². The van der Waals surface area contributed by atoms with Crippen LogP contribution >= 0.6 is 62.5 Å². The summed E-state index contributed by atoms with van der Waals surface area (Å²) in [6, 6.07) is 17.6. The highest BCUT2D eigenvalue weighted by atomic mass is 79.9. The topological polar surface area (TPSA) is 141 Å². The van der Waals surface area contributed by atoms with Crippen molar-refractivity contribution in [1.82, 2.24) is 10.2 Å². The smallest absolute Gasteiger partial charge is 0.347 e. The fourth-order valence-corrected chi connectivity index (χ4v) is 6.54. The first-order chi connectivity index (χ1) is 21.9. The normalized spacial score (nSPS) is 21.0. The summed E-state index contributed by atoms with van der Waals surface area (Å²) in [6.45, 7) is 2.52. The summed E-state index contributed by atoms with van der Waals surface area (Å²) in [7, 11) is 0. The second-order valence-electron chi connectivity index (χ2n) is 10.1. The van der Waals surface area contributed by atoms with Crippen molar-refractivity contribution in [3.05, 3.63) is 84.4 Å². The molecule has 0 radical (unpaired) electrons. The average molecular weight is 776 g/mol. The van der Waals surface area contributed by atoms with E-state index in [2.05, 4.69) is 33.0 Å². The minimum atomic E-state index is -1.84. The van der Waals surface area contributed by atoms with Crippen LogP contribution in [-0.2, 0) is 38.3 Å². The second-order valence-corrected chi connectivity index (χ2v) is 14.3. The molecule has 0 aliphatic carbocycles. The average Bonchev–Trinajstić information content (AvgIpc) is 3.06. The van der Waals surface area contributed by atoms with Gasteiger partial charge in [-0.15, -0.1) is 18.3 Å². The molecule has 2 aromatic carbocycles. The molecule has 1 N–H and O–H groups in total. The number of β-lactam (4-membered cyclic amide) rings is 1. The zero-order valence-electron chi connectivity index (χ0n) is 23.9. The van der Waals surface area contributed by atoms with Gasteiger partial charge in [-0.25, -0.2) is 4.79 Å². The van der Waals surface area contributed by atoms with Gasteiger partial charge in [-0.3, -0.25) is 19.2 Å². The molecule has 244 valence electrons. The lowest BCUT2D eigenvalue weighted by Crippen LogP contribution is -2.74. The van der Waals surface area contributed by atoms with Crippen molar-refractivity contribution in [2.45, 2.75) is 21.3 Å². The summed E-state index contributed by atoms with van der Waals surface area (Å²) < 4.78 is 8.95. The third-order valence-electron chi connectivity index (χ3n) is 6.95. The van der Waals surface area contributed by atoms with Crippen LogP contribution in [-0.4, -0.2) is 86.2 Å². The highest BCUT2D eigenvalue weighted by molar-refractivity contribution is 9.09. The summed E-state index contributed by atoms with van der Waals surface area (Å²) in [5.41, 5.74) is -0.339. The number of ether oxygens (including phenoxy) is 2. The molecule has 2 aliphatic heterocycles. The zero-order valence-corrected chi connectivity index (χ0v) is 28.6. The molecule has 0 spiro atoms. The number of thioether (sulfide) groups is 1. The molecular formula is C30H27BrCl3N3O8S. The van der Waals surface area contributed by atoms with Crippen LogP contribution in [0.25, 0.3) is 0 Å². The van der Waals surface area contributed by atoms with E-state index in [-0.39, 0.29) is 17.6 Å². The van der Waals surface area contributed by atoms with Crippen LogP contribution in [0.15, 0.2) is 78.5 Å². The van der Waals surface area contributed by atoms with Gasteiger partial charge in [-0.2, -0.15) is 0 Å². The van der Waals surface area contributed by atoms with Gasteiger partial charge in [0.15, 0.2) is 6.10 Å². The third kappa shape index (κ3) is 8.62. The first kappa shape index (κ1) is 35.7. The molecule has 16 heteroatoms. The molecule has 0 saturated carbocycles. The predicted octanol–water partition coefficient (Wildman–Crippen LogP) is 4.14. The third-order valence-corrected chi connectivity index (χ3v) is 9.34. The van der Waals surface area contributed by atoms with E-state index in [0.29, 0.717) is 0 Å². The summed E-state index contributed by atoms with van der Waals surface area (Å²) in [6.07, 6.45) is 0.803. The van der Waals surface area contributed by atoms with E-state index in [9.17, 15) is 24.0 Å². The maximum absolute atomic E-state index is 13.7. The molecule has 2 amide bonds. The van der Waals surface area contributed by atoms with Crippen LogP contribution in [0, 0.1) is 5.41 Å². The standard InChI is InChI=1S/C30H27BrCl3N3O8S/c1-2-29(28(42)45-24(18-9-5-3-6-10-18)19-11-7-4-8-12-19)15-37-26(41)23(27(37)46-17-29)35-25(40)22(20(38)13-31)36-44-14-21(39)43-16-30(32,33)34/h2-12,23-24,27H,1,13-17H2,(H,35,40)/t23?,27-,29?/m1/s1. The predicted molar refractivity (Wildman–Crippen MR) is 177 cm³/mol. The Morgan fingerprint density at radius 2 is 1.72 bits per heavy atom. The van der Waals surface area contributed by atoms with Gasteiger partial charge >= 0.3 is 11.9 Å². The fraction of sp³-hybridized carbons (Fsp3) is 0.333. The number of carbonyl (C=O) groups is 5. The Balaban J connectivity index is 1.40. The van der Waals surface area contributed by atoms with Crippen LogP contribution < -0.4 is 5.32 Å². The van der Waals surface area contributed by atoms with E-state index >= 15 is 0 Å². The van der Waals surface area contributed by atoms with Gasteiger partial charge in [-0.1, -0.05) is 123 Å². The molecule has 46 heavy (non-hydrogen) atoms. The number of ketones is 1. The molecule has 0 aromatic heterocycles. The van der Waals surface area contributed by atoms with Crippen molar-refractivity contribution in [2.75, 3.05) is 30.8 Å². The Bertz CT molecular complexity index is 1470. The van der Waals surface area contributed by atoms with Gasteiger partial charge in [-0.05, 0) is 11.1 Å². The van der Waals surface area contributed by atoms with E-state index < -0.39 is 75.2 Å². The van der Waals surface area contributed by atoms with Crippen molar-refractivity contribution in [3.8, 4) is 0 Å². The van der Waals surface area contributed by atoms with Gasteiger partial charge in [0, 0.05) is 12.3 Å². The van der Waals surface area contributed by atoms with Crippen LogP contribution in [0.3, 0.4) is 0 Å². The number of benzene rings is 2. The van der Waals surface area contributed by atoms with Gasteiger partial charge in [0.05, 0.1) is 5.33 Å². The Morgan fingerprint density at radius 3 is 2.26 bits per heavy atom. The summed E-state index contributed by atoms with van der Waals surface area (Å²) in [4.78, 5) is 70.3.